The van der Waals surface area contributed by atoms with Crippen molar-refractivity contribution in [2.45, 2.75) is 17.9 Å². The molecule has 2 amide bonds. The van der Waals surface area contributed by atoms with Crippen molar-refractivity contribution in [2.75, 3.05) is 6.79 Å². The van der Waals surface area contributed by atoms with E-state index < -0.39 is 35.7 Å². The summed E-state index contributed by atoms with van der Waals surface area (Å²) < 4.78 is 51.7. The van der Waals surface area contributed by atoms with Crippen LogP contribution in [0.25, 0.3) is 0 Å². The molecule has 2 aromatic rings. The van der Waals surface area contributed by atoms with Crippen LogP contribution in [-0.2, 0) is 0 Å². The zero-order chi connectivity index (χ0) is 20.1. The summed E-state index contributed by atoms with van der Waals surface area (Å²) >= 11 is 0.941. The highest BCUT2D eigenvalue weighted by Gasteiger charge is 2.66. The largest absolute Gasteiger partial charge is 0.454 e. The molecule has 3 atom stereocenters. The fourth-order valence-corrected chi connectivity index (χ4v) is 4.00. The quantitative estimate of drug-likeness (QED) is 0.671. The van der Waals surface area contributed by atoms with Crippen LogP contribution in [0, 0.1) is 5.92 Å². The predicted molar refractivity (Wildman–Crippen MR) is 90.1 cm³/mol. The van der Waals surface area contributed by atoms with E-state index in [9.17, 15) is 27.9 Å². The third-order valence-electron chi connectivity index (χ3n) is 4.61. The minimum atomic E-state index is -5.29. The maximum atomic E-state index is 13.8. The molecule has 2 aliphatic rings. The van der Waals surface area contributed by atoms with Crippen molar-refractivity contribution in [1.29, 1.82) is 0 Å². The summed E-state index contributed by atoms with van der Waals surface area (Å²) in [6.45, 7) is -0.0542. The predicted octanol–water partition coefficient (Wildman–Crippen LogP) is 2.58. The number of aliphatic hydroxyl groups is 1. The first kappa shape index (κ1) is 18.6. The first-order valence-electron chi connectivity index (χ1n) is 8.06. The molecule has 4 rings (SSSR count). The van der Waals surface area contributed by atoms with Crippen molar-refractivity contribution in [2.24, 2.45) is 5.92 Å². The molecular weight excluding hydrogens is 401 g/mol. The molecule has 28 heavy (non-hydrogen) atoms. The first-order valence-corrected chi connectivity index (χ1v) is 8.94. The van der Waals surface area contributed by atoms with E-state index in [4.69, 9.17) is 9.47 Å². The highest BCUT2D eigenvalue weighted by Crippen LogP contribution is 2.45. The number of benzene rings is 1. The Labute approximate surface area is 160 Å². The van der Waals surface area contributed by atoms with Crippen molar-refractivity contribution in [3.8, 4) is 11.5 Å². The number of alkyl halides is 3. The molecular formula is C17H13F3N2O5S. The van der Waals surface area contributed by atoms with Crippen LogP contribution in [0.15, 0.2) is 35.7 Å². The van der Waals surface area contributed by atoms with E-state index in [-0.39, 0.29) is 23.0 Å². The number of thiophene rings is 1. The van der Waals surface area contributed by atoms with Gasteiger partial charge in [0.1, 0.15) is 5.92 Å². The van der Waals surface area contributed by atoms with Crippen molar-refractivity contribution in [3.05, 3.63) is 46.2 Å². The molecule has 1 saturated heterocycles. The molecule has 0 bridgehead atoms. The van der Waals surface area contributed by atoms with Gasteiger partial charge in [-0.2, -0.15) is 13.2 Å². The van der Waals surface area contributed by atoms with Crippen molar-refractivity contribution >= 4 is 23.2 Å². The molecule has 0 unspecified atom stereocenters. The number of ketones is 1. The van der Waals surface area contributed by atoms with E-state index in [0.29, 0.717) is 5.75 Å². The van der Waals surface area contributed by atoms with Crippen LogP contribution in [0.5, 0.6) is 11.5 Å². The van der Waals surface area contributed by atoms with Gasteiger partial charge in [0.15, 0.2) is 17.3 Å². The summed E-state index contributed by atoms with van der Waals surface area (Å²) in [5.41, 5.74) is -3.59. The molecule has 1 aromatic carbocycles. The summed E-state index contributed by atoms with van der Waals surface area (Å²) in [5.74, 6) is -2.37. The van der Waals surface area contributed by atoms with Crippen LogP contribution in [0.3, 0.4) is 0 Å². The summed E-state index contributed by atoms with van der Waals surface area (Å²) in [6, 6.07) is 4.42. The Balaban J connectivity index is 1.84. The van der Waals surface area contributed by atoms with E-state index in [0.717, 1.165) is 11.3 Å². The smallest absolute Gasteiger partial charge is 0.437 e. The lowest BCUT2D eigenvalue weighted by Gasteiger charge is -2.44. The fourth-order valence-electron chi connectivity index (χ4n) is 3.30. The average Bonchev–Trinajstić information content (AvgIpc) is 3.30. The number of nitrogens with one attached hydrogen (secondary N) is 2. The number of hydrogen-bond donors (Lipinski definition) is 3. The zero-order valence-corrected chi connectivity index (χ0v) is 14.8. The van der Waals surface area contributed by atoms with E-state index >= 15 is 0 Å². The molecule has 11 heteroatoms. The molecule has 0 radical (unpaired) electrons. The number of urea groups is 1. The molecule has 3 heterocycles. The monoisotopic (exact) mass is 414 g/mol. The third-order valence-corrected chi connectivity index (χ3v) is 5.49. The van der Waals surface area contributed by atoms with Gasteiger partial charge in [-0.15, -0.1) is 11.3 Å². The summed E-state index contributed by atoms with van der Waals surface area (Å²) in [6.07, 6.45) is -5.29. The minimum absolute atomic E-state index is 0.0244. The van der Waals surface area contributed by atoms with Crippen LogP contribution < -0.4 is 20.1 Å². The van der Waals surface area contributed by atoms with E-state index in [2.05, 4.69) is 5.32 Å². The molecule has 0 saturated carbocycles. The number of ether oxygens (including phenoxy) is 2. The number of amides is 2. The lowest BCUT2D eigenvalue weighted by atomic mass is 9.78. The highest BCUT2D eigenvalue weighted by molar-refractivity contribution is 7.12. The molecule has 3 N–H and O–H groups in total. The van der Waals surface area contributed by atoms with Gasteiger partial charge in [0.2, 0.25) is 12.5 Å². The maximum absolute atomic E-state index is 13.8. The Hall–Kier alpha value is -2.79. The van der Waals surface area contributed by atoms with E-state index in [1.54, 1.807) is 0 Å². The van der Waals surface area contributed by atoms with Gasteiger partial charge >= 0.3 is 12.2 Å². The van der Waals surface area contributed by atoms with E-state index in [1.165, 1.54) is 41.0 Å². The molecule has 2 aliphatic heterocycles. The fraction of sp³-hybridized carbons (Fsp3) is 0.294. The Bertz CT molecular complexity index is 933. The number of hydrogen-bond acceptors (Lipinski definition) is 6. The summed E-state index contributed by atoms with van der Waals surface area (Å²) in [7, 11) is 0. The minimum Gasteiger partial charge on any atom is -0.454 e. The molecule has 1 aromatic heterocycles. The average molecular weight is 414 g/mol. The van der Waals surface area contributed by atoms with Gasteiger partial charge in [-0.05, 0) is 29.1 Å². The second-order valence-electron chi connectivity index (χ2n) is 6.27. The van der Waals surface area contributed by atoms with Crippen molar-refractivity contribution in [1.82, 2.24) is 10.6 Å². The Morgan fingerprint density at radius 3 is 2.68 bits per heavy atom. The Morgan fingerprint density at radius 1 is 1.25 bits per heavy atom. The van der Waals surface area contributed by atoms with E-state index in [1.807, 2.05) is 0 Å². The molecule has 0 spiro atoms. The Kier molecular flexibility index (Phi) is 4.23. The van der Waals surface area contributed by atoms with Gasteiger partial charge in [-0.3, -0.25) is 4.79 Å². The highest BCUT2D eigenvalue weighted by atomic mass is 32.1. The van der Waals surface area contributed by atoms with Gasteiger partial charge < -0.3 is 25.2 Å². The van der Waals surface area contributed by atoms with Gasteiger partial charge in [0, 0.05) is 0 Å². The summed E-state index contributed by atoms with van der Waals surface area (Å²) in [5, 5.41) is 15.8. The van der Waals surface area contributed by atoms with Crippen molar-refractivity contribution < 1.29 is 37.3 Å². The second-order valence-corrected chi connectivity index (χ2v) is 7.22. The Morgan fingerprint density at radius 2 is 2.00 bits per heavy atom. The van der Waals surface area contributed by atoms with Crippen LogP contribution in [-0.4, -0.2) is 35.6 Å². The molecule has 1 fully saturated rings. The standard InChI is InChI=1S/C17H13F3N2O5S/c18-17(19,20)16(25)12(14(23)11-2-1-5-28-11)13(21-15(24)22-16)8-3-4-9-10(6-8)27-7-26-9/h1-6,12-13,25H,7H2,(H2,21,22,24)/t12-,13+,16+/m0/s1. The van der Waals surface area contributed by atoms with Crippen LogP contribution in [0.2, 0.25) is 0 Å². The van der Waals surface area contributed by atoms with Crippen LogP contribution in [0.1, 0.15) is 21.3 Å². The number of fused-ring (bicyclic) bond motifs is 1. The third kappa shape index (κ3) is 2.87. The van der Waals surface area contributed by atoms with Gasteiger partial charge in [0.05, 0.1) is 10.9 Å². The number of rotatable bonds is 3. The number of carbonyl (C=O) groups is 2. The normalized spacial score (nSPS) is 26.5. The molecule has 148 valence electrons. The van der Waals surface area contributed by atoms with Gasteiger partial charge in [-0.25, -0.2) is 4.79 Å². The van der Waals surface area contributed by atoms with Gasteiger partial charge in [-0.1, -0.05) is 12.1 Å². The molecule has 7 nitrogen and oxygen atoms in total. The summed E-state index contributed by atoms with van der Waals surface area (Å²) in [4.78, 5) is 24.9. The second kappa shape index (κ2) is 6.38. The number of Topliss-reactive ketones (excluding diaryl/α,β-unsaturated/α-hetero) is 1. The number of halogens is 3. The zero-order valence-electron chi connectivity index (χ0n) is 13.9. The number of carbonyl (C=O) groups excluding carboxylic acids is 2. The SMILES string of the molecule is O=C1N[C@H](c2ccc3c(c2)OCO3)[C@@H](C(=O)c2cccs2)[C@@](O)(C(F)(F)F)N1. The lowest BCUT2D eigenvalue weighted by Crippen LogP contribution is -2.72. The lowest BCUT2D eigenvalue weighted by molar-refractivity contribution is -0.287. The van der Waals surface area contributed by atoms with Crippen molar-refractivity contribution in [3.63, 3.8) is 0 Å². The maximum Gasteiger partial charge on any atom is 0.437 e. The topological polar surface area (TPSA) is 96.9 Å². The molecule has 0 aliphatic carbocycles. The first-order chi connectivity index (χ1) is 13.2. The van der Waals surface area contributed by atoms with Gasteiger partial charge in [0.25, 0.3) is 0 Å². The van der Waals surface area contributed by atoms with Crippen LogP contribution >= 0.6 is 11.3 Å². The van der Waals surface area contributed by atoms with Crippen LogP contribution in [0.4, 0.5) is 18.0 Å².